The summed E-state index contributed by atoms with van der Waals surface area (Å²) in [6.45, 7) is 0. The van der Waals surface area contributed by atoms with E-state index in [0.29, 0.717) is 12.8 Å². The van der Waals surface area contributed by atoms with Crippen molar-refractivity contribution >= 4 is 19.0 Å². The quantitative estimate of drug-likeness (QED) is 0.185. The highest BCUT2D eigenvalue weighted by molar-refractivity contribution is 6.35. The highest BCUT2D eigenvalue weighted by Gasteiger charge is 2.02. The summed E-state index contributed by atoms with van der Waals surface area (Å²) in [7, 11) is 0.0172. The van der Waals surface area contributed by atoms with Crippen molar-refractivity contribution in [3.8, 4) is 0 Å². The van der Waals surface area contributed by atoms with Crippen molar-refractivity contribution in [2.24, 2.45) is 0 Å². The fourth-order valence-corrected chi connectivity index (χ4v) is 6.25. The van der Waals surface area contributed by atoms with Gasteiger partial charge in [0.15, 0.2) is 0 Å². The first-order valence-corrected chi connectivity index (χ1v) is 13.2. The second kappa shape index (κ2) is 17.5. The van der Waals surface area contributed by atoms with Gasteiger partial charge in [0.2, 0.25) is 12.9 Å². The molecular formula is C16H34F4Si2. The zero-order chi connectivity index (χ0) is 16.5. The second-order valence-electron chi connectivity index (χ2n) is 6.31. The molecule has 6 heteroatoms. The van der Waals surface area contributed by atoms with Crippen LogP contribution in [0.5, 0.6) is 0 Å². The van der Waals surface area contributed by atoms with Crippen LogP contribution in [0.2, 0.25) is 24.2 Å². The average molecular weight is 359 g/mol. The van der Waals surface area contributed by atoms with Crippen molar-refractivity contribution in [3.05, 3.63) is 0 Å². The number of unbranched alkanes of at least 4 members (excludes halogenated alkanes) is 5. The van der Waals surface area contributed by atoms with E-state index in [-0.39, 0.29) is 31.9 Å². The van der Waals surface area contributed by atoms with E-state index in [9.17, 15) is 17.6 Å². The fraction of sp³-hybridized carbons (Fsp3) is 1.00. The smallest absolute Gasteiger partial charge is 0.211 e. The molecule has 22 heavy (non-hydrogen) atoms. The average Bonchev–Trinajstić information content (AvgIpc) is 2.46. The van der Waals surface area contributed by atoms with Crippen LogP contribution in [0.1, 0.15) is 64.2 Å². The summed E-state index contributed by atoms with van der Waals surface area (Å²) in [6.07, 6.45) is 4.66. The topological polar surface area (TPSA) is 0 Å². The summed E-state index contributed by atoms with van der Waals surface area (Å²) in [5, 5.41) is 0. The van der Waals surface area contributed by atoms with Gasteiger partial charge >= 0.3 is 0 Å². The zero-order valence-electron chi connectivity index (χ0n) is 14.0. The summed E-state index contributed by atoms with van der Waals surface area (Å²) in [5.41, 5.74) is 0. The predicted molar refractivity (Wildman–Crippen MR) is 94.5 cm³/mol. The third-order valence-corrected chi connectivity index (χ3v) is 8.09. The standard InChI is InChI=1S/C16H34F4Si2/c17-15(18)9-3-7-13-21-11-5-1-2-6-12-22-14-8-4-10-16(19)20/h15-16H,1-14,21-22H2. The predicted octanol–water partition coefficient (Wildman–Crippen LogP) is 5.43. The number of hydrogen-bond donors (Lipinski definition) is 0. The molecule has 0 N–H and O–H groups in total. The van der Waals surface area contributed by atoms with E-state index in [1.165, 1.54) is 49.9 Å². The van der Waals surface area contributed by atoms with Crippen molar-refractivity contribution in [2.75, 3.05) is 0 Å². The summed E-state index contributed by atoms with van der Waals surface area (Å²) in [4.78, 5) is 0. The molecule has 0 aromatic carbocycles. The Morgan fingerprint density at radius 3 is 1.09 bits per heavy atom. The minimum atomic E-state index is -2.12. The summed E-state index contributed by atoms with van der Waals surface area (Å²) < 4.78 is 47.7. The largest absolute Gasteiger partial charge is 0.238 e. The molecule has 0 unspecified atom stereocenters. The Morgan fingerprint density at radius 2 is 0.773 bits per heavy atom. The van der Waals surface area contributed by atoms with Crippen molar-refractivity contribution in [3.63, 3.8) is 0 Å². The molecule has 0 amide bonds. The Bertz CT molecular complexity index is 194. The maximum Gasteiger partial charge on any atom is 0.238 e. The maximum atomic E-state index is 11.9. The van der Waals surface area contributed by atoms with Gasteiger partial charge in [-0.1, -0.05) is 62.7 Å². The number of hydrogen-bond acceptors (Lipinski definition) is 0. The zero-order valence-corrected chi connectivity index (χ0v) is 16.8. The van der Waals surface area contributed by atoms with Gasteiger partial charge in [-0.15, -0.1) is 0 Å². The first kappa shape index (κ1) is 22.2. The van der Waals surface area contributed by atoms with Crippen LogP contribution in [0.4, 0.5) is 17.6 Å². The van der Waals surface area contributed by atoms with Gasteiger partial charge in [-0.3, -0.25) is 0 Å². The van der Waals surface area contributed by atoms with Gasteiger partial charge in [-0.05, 0) is 12.8 Å². The Morgan fingerprint density at radius 1 is 0.455 bits per heavy atom. The summed E-state index contributed by atoms with van der Waals surface area (Å²) >= 11 is 0. The van der Waals surface area contributed by atoms with Gasteiger partial charge < -0.3 is 0 Å². The lowest BCUT2D eigenvalue weighted by Gasteiger charge is -2.03. The van der Waals surface area contributed by atoms with Gasteiger partial charge in [0, 0.05) is 31.9 Å². The van der Waals surface area contributed by atoms with Crippen LogP contribution in [0.15, 0.2) is 0 Å². The molecule has 0 saturated carbocycles. The molecule has 0 rings (SSSR count). The molecule has 0 aromatic rings. The Kier molecular flexibility index (Phi) is 17.6. The van der Waals surface area contributed by atoms with Crippen molar-refractivity contribution in [2.45, 2.75) is 101 Å². The monoisotopic (exact) mass is 358 g/mol. The Balaban J connectivity index is 2.97. The highest BCUT2D eigenvalue weighted by atomic mass is 28.2. The van der Waals surface area contributed by atoms with Gasteiger partial charge in [0.25, 0.3) is 0 Å². The van der Waals surface area contributed by atoms with E-state index in [1.807, 2.05) is 0 Å². The van der Waals surface area contributed by atoms with Gasteiger partial charge in [0.05, 0.1) is 0 Å². The van der Waals surface area contributed by atoms with E-state index in [1.54, 1.807) is 0 Å². The molecule has 0 bridgehead atoms. The SMILES string of the molecule is FC(F)CCCC[SiH2]CCCCCC[SiH2]CCCCC(F)F. The van der Waals surface area contributed by atoms with Gasteiger partial charge in [-0.2, -0.15) is 0 Å². The number of alkyl halides is 4. The van der Waals surface area contributed by atoms with Crippen LogP contribution in [-0.2, 0) is 0 Å². The lowest BCUT2D eigenvalue weighted by molar-refractivity contribution is 0.134. The van der Waals surface area contributed by atoms with Gasteiger partial charge in [0.1, 0.15) is 0 Å². The first-order valence-electron chi connectivity index (χ1n) is 9.19. The molecule has 0 atom stereocenters. The highest BCUT2D eigenvalue weighted by Crippen LogP contribution is 2.12. The molecule has 0 radical (unpaired) electrons. The van der Waals surface area contributed by atoms with Crippen LogP contribution in [0, 0.1) is 0 Å². The molecule has 0 aliphatic heterocycles. The van der Waals surface area contributed by atoms with E-state index in [4.69, 9.17) is 0 Å². The number of rotatable bonds is 17. The molecular weight excluding hydrogens is 324 g/mol. The Hall–Kier alpha value is 0.154. The molecule has 0 spiro atoms. The molecule has 0 aliphatic rings. The van der Waals surface area contributed by atoms with Crippen molar-refractivity contribution in [1.29, 1.82) is 0 Å². The third-order valence-electron chi connectivity index (χ3n) is 4.09. The third kappa shape index (κ3) is 20.2. The molecule has 0 heterocycles. The lowest BCUT2D eigenvalue weighted by atomic mass is 10.2. The second-order valence-corrected chi connectivity index (χ2v) is 10.6. The first-order chi connectivity index (χ1) is 10.6. The summed E-state index contributed by atoms with van der Waals surface area (Å²) in [6, 6.07) is 5.22. The molecule has 0 nitrogen and oxygen atoms in total. The fourth-order valence-electron chi connectivity index (χ4n) is 2.72. The molecule has 0 saturated heterocycles. The van der Waals surface area contributed by atoms with E-state index in [2.05, 4.69) is 0 Å². The summed E-state index contributed by atoms with van der Waals surface area (Å²) in [5.74, 6) is 0. The minimum Gasteiger partial charge on any atom is -0.211 e. The molecule has 134 valence electrons. The van der Waals surface area contributed by atoms with E-state index in [0.717, 1.165) is 12.8 Å². The van der Waals surface area contributed by atoms with Gasteiger partial charge in [-0.25, -0.2) is 17.6 Å². The van der Waals surface area contributed by atoms with Crippen LogP contribution in [0.25, 0.3) is 0 Å². The van der Waals surface area contributed by atoms with Crippen LogP contribution in [0.3, 0.4) is 0 Å². The van der Waals surface area contributed by atoms with Crippen molar-refractivity contribution < 1.29 is 17.6 Å². The van der Waals surface area contributed by atoms with Crippen LogP contribution < -0.4 is 0 Å². The molecule has 0 fully saturated rings. The van der Waals surface area contributed by atoms with E-state index >= 15 is 0 Å². The number of halogens is 4. The lowest BCUT2D eigenvalue weighted by Crippen LogP contribution is -1.94. The molecule has 0 aromatic heterocycles. The van der Waals surface area contributed by atoms with Crippen LogP contribution in [-0.4, -0.2) is 31.9 Å². The Labute approximate surface area is 138 Å². The maximum absolute atomic E-state index is 11.9. The normalized spacial score (nSPS) is 12.8. The molecule has 0 aliphatic carbocycles. The van der Waals surface area contributed by atoms with Crippen molar-refractivity contribution in [1.82, 2.24) is 0 Å². The minimum absolute atomic E-state index is 0.00861. The van der Waals surface area contributed by atoms with Crippen LogP contribution >= 0.6 is 0 Å². The van der Waals surface area contributed by atoms with E-state index < -0.39 is 12.9 Å².